The van der Waals surface area contributed by atoms with Crippen LogP contribution in [0.5, 0.6) is 0 Å². The first-order valence-corrected chi connectivity index (χ1v) is 4.99. The molecule has 1 amide bonds. The Morgan fingerprint density at radius 3 is 3.15 bits per heavy atom. The molecule has 72 valence electrons. The van der Waals surface area contributed by atoms with Crippen molar-refractivity contribution < 1.29 is 15.0 Å². The van der Waals surface area contributed by atoms with Gasteiger partial charge in [0.15, 0.2) is 10.9 Å². The monoisotopic (exact) mass is 202 g/mol. The van der Waals surface area contributed by atoms with Crippen LogP contribution in [0.1, 0.15) is 6.42 Å². The number of amides is 1. The number of aliphatic hydroxyl groups excluding tert-OH is 1. The number of hydrogen-bond donors (Lipinski definition) is 2. The summed E-state index contributed by atoms with van der Waals surface area (Å²) in [6.45, 7) is 0.201. The maximum atomic E-state index is 11.1. The first-order valence-electron chi connectivity index (χ1n) is 4.01. The third kappa shape index (κ3) is 1.34. The van der Waals surface area contributed by atoms with Crippen molar-refractivity contribution in [2.45, 2.75) is 12.1 Å². The molecule has 0 aliphatic carbocycles. The van der Waals surface area contributed by atoms with Gasteiger partial charge in [0.25, 0.3) is 5.91 Å². The molecule has 2 N–H and O–H groups in total. The summed E-state index contributed by atoms with van der Waals surface area (Å²) >= 11 is 1.43. The van der Waals surface area contributed by atoms with Gasteiger partial charge in [-0.15, -0.1) is 0 Å². The molecule has 0 bridgehead atoms. The molecular formula is C7H10N2O3S. The van der Waals surface area contributed by atoms with E-state index in [0.717, 1.165) is 5.75 Å². The Kier molecular flexibility index (Phi) is 2.05. The molecule has 0 saturated carbocycles. The Balaban J connectivity index is 2.34. The molecule has 0 aromatic carbocycles. The van der Waals surface area contributed by atoms with Crippen LogP contribution < -0.4 is 0 Å². The number of aliphatic hydroxyl groups is 2. The van der Waals surface area contributed by atoms with Gasteiger partial charge in [-0.25, -0.2) is 0 Å². The highest BCUT2D eigenvalue weighted by molar-refractivity contribution is 8.14. The first-order chi connectivity index (χ1) is 6.15. The van der Waals surface area contributed by atoms with Gasteiger partial charge >= 0.3 is 0 Å². The number of amidine groups is 1. The summed E-state index contributed by atoms with van der Waals surface area (Å²) in [5.74, 6) is 0.436. The summed E-state index contributed by atoms with van der Waals surface area (Å²) in [6.07, 6.45) is -0.118. The predicted molar refractivity (Wildman–Crippen MR) is 48.3 cm³/mol. The van der Waals surface area contributed by atoms with Crippen LogP contribution in [0.4, 0.5) is 0 Å². The number of carbonyl (C=O) groups excluding carboxylic acids is 1. The Morgan fingerprint density at radius 2 is 2.46 bits per heavy atom. The van der Waals surface area contributed by atoms with Gasteiger partial charge in [-0.05, 0) is 0 Å². The maximum absolute atomic E-state index is 11.1. The van der Waals surface area contributed by atoms with Crippen LogP contribution in [0.3, 0.4) is 0 Å². The second kappa shape index (κ2) is 2.97. The standard InChI is InChI=1S/C7H10N2O3S/c10-4-7(12)3-5(11)8-6-9(7)1-2-13-6/h10,12H,1-4H2/t7-/m0/s1. The second-order valence-corrected chi connectivity index (χ2v) is 4.17. The Bertz CT molecular complexity index is 281. The molecule has 2 aliphatic rings. The van der Waals surface area contributed by atoms with Crippen molar-refractivity contribution in [3.05, 3.63) is 0 Å². The van der Waals surface area contributed by atoms with Crippen LogP contribution in [0.15, 0.2) is 4.99 Å². The molecule has 0 spiro atoms. The van der Waals surface area contributed by atoms with Gasteiger partial charge in [-0.3, -0.25) is 4.79 Å². The van der Waals surface area contributed by atoms with Crippen LogP contribution >= 0.6 is 11.8 Å². The fourth-order valence-corrected chi connectivity index (χ4v) is 2.55. The van der Waals surface area contributed by atoms with Crippen LogP contribution in [-0.2, 0) is 4.79 Å². The van der Waals surface area contributed by atoms with Gasteiger partial charge in [0.1, 0.15) is 0 Å². The lowest BCUT2D eigenvalue weighted by molar-refractivity contribution is -0.142. The van der Waals surface area contributed by atoms with E-state index in [0.29, 0.717) is 11.7 Å². The van der Waals surface area contributed by atoms with Crippen molar-refractivity contribution >= 4 is 22.8 Å². The van der Waals surface area contributed by atoms with Crippen LogP contribution in [-0.4, -0.2) is 50.8 Å². The summed E-state index contributed by atoms with van der Waals surface area (Å²) in [5, 5.41) is 19.4. The van der Waals surface area contributed by atoms with Crippen LogP contribution in [0.25, 0.3) is 0 Å². The summed E-state index contributed by atoms with van der Waals surface area (Å²) < 4.78 is 0. The number of carbonyl (C=O) groups is 1. The summed E-state index contributed by atoms with van der Waals surface area (Å²) in [5.41, 5.74) is -1.42. The Hall–Kier alpha value is -0.590. The molecule has 2 aliphatic heterocycles. The van der Waals surface area contributed by atoms with Gasteiger partial charge in [-0.2, -0.15) is 4.99 Å². The summed E-state index contributed by atoms with van der Waals surface area (Å²) in [6, 6.07) is 0. The van der Waals surface area contributed by atoms with Gasteiger partial charge in [0, 0.05) is 12.3 Å². The Morgan fingerprint density at radius 1 is 1.69 bits per heavy atom. The van der Waals surface area contributed by atoms with E-state index >= 15 is 0 Å². The van der Waals surface area contributed by atoms with E-state index in [1.165, 1.54) is 11.8 Å². The van der Waals surface area contributed by atoms with Crippen molar-refractivity contribution in [1.82, 2.24) is 4.90 Å². The highest BCUT2D eigenvalue weighted by Crippen LogP contribution is 2.31. The molecule has 1 saturated heterocycles. The third-order valence-electron chi connectivity index (χ3n) is 2.19. The van der Waals surface area contributed by atoms with Crippen LogP contribution in [0, 0.1) is 0 Å². The largest absolute Gasteiger partial charge is 0.391 e. The van der Waals surface area contributed by atoms with Crippen molar-refractivity contribution in [1.29, 1.82) is 0 Å². The Labute approximate surface area is 79.4 Å². The van der Waals surface area contributed by atoms with Gasteiger partial charge in [-0.1, -0.05) is 11.8 Å². The van der Waals surface area contributed by atoms with E-state index in [1.807, 2.05) is 0 Å². The predicted octanol–water partition coefficient (Wildman–Crippen LogP) is -0.998. The topological polar surface area (TPSA) is 73.1 Å². The summed E-state index contributed by atoms with van der Waals surface area (Å²) in [4.78, 5) is 16.5. The SMILES string of the molecule is O=C1C[C@](O)(CO)N2CCSC2=N1. The molecule has 13 heavy (non-hydrogen) atoms. The van der Waals surface area contributed by atoms with Crippen molar-refractivity contribution in [3.63, 3.8) is 0 Å². The molecule has 5 nitrogen and oxygen atoms in total. The van der Waals surface area contributed by atoms with Crippen molar-refractivity contribution in [2.75, 3.05) is 18.9 Å². The minimum absolute atomic E-state index is 0.118. The highest BCUT2D eigenvalue weighted by Gasteiger charge is 2.44. The third-order valence-corrected chi connectivity index (χ3v) is 3.14. The van der Waals surface area contributed by atoms with E-state index in [1.54, 1.807) is 4.90 Å². The zero-order chi connectivity index (χ0) is 9.47. The normalized spacial score (nSPS) is 33.2. The minimum Gasteiger partial charge on any atom is -0.391 e. The minimum atomic E-state index is -1.42. The van der Waals surface area contributed by atoms with Crippen LogP contribution in [0.2, 0.25) is 0 Å². The average Bonchev–Trinajstić information content (AvgIpc) is 2.52. The number of hydrogen-bond acceptors (Lipinski definition) is 5. The van der Waals surface area contributed by atoms with E-state index in [9.17, 15) is 9.90 Å². The smallest absolute Gasteiger partial charge is 0.253 e. The van der Waals surface area contributed by atoms with Crippen molar-refractivity contribution in [3.8, 4) is 0 Å². The molecule has 0 radical (unpaired) electrons. The fraction of sp³-hybridized carbons (Fsp3) is 0.714. The van der Waals surface area contributed by atoms with Gasteiger partial charge in [0.05, 0.1) is 13.0 Å². The quantitative estimate of drug-likeness (QED) is 0.570. The molecule has 0 unspecified atom stereocenters. The van der Waals surface area contributed by atoms with Gasteiger partial charge < -0.3 is 15.1 Å². The molecule has 0 aromatic heterocycles. The lowest BCUT2D eigenvalue weighted by Crippen LogP contribution is -2.55. The summed E-state index contributed by atoms with van der Waals surface area (Å²) in [7, 11) is 0. The zero-order valence-electron chi connectivity index (χ0n) is 6.93. The lowest BCUT2D eigenvalue weighted by atomic mass is 10.1. The number of rotatable bonds is 1. The first kappa shape index (κ1) is 8.98. The average molecular weight is 202 g/mol. The zero-order valence-corrected chi connectivity index (χ0v) is 7.75. The van der Waals surface area contributed by atoms with E-state index in [2.05, 4.69) is 4.99 Å². The van der Waals surface area contributed by atoms with Crippen molar-refractivity contribution in [2.24, 2.45) is 4.99 Å². The highest BCUT2D eigenvalue weighted by atomic mass is 32.2. The van der Waals surface area contributed by atoms with Gasteiger partial charge in [0.2, 0.25) is 0 Å². The maximum Gasteiger partial charge on any atom is 0.253 e. The van der Waals surface area contributed by atoms with E-state index < -0.39 is 12.3 Å². The molecule has 2 heterocycles. The molecule has 2 rings (SSSR count). The molecule has 0 aromatic rings. The molecule has 6 heteroatoms. The lowest BCUT2D eigenvalue weighted by Gasteiger charge is -2.38. The van der Waals surface area contributed by atoms with E-state index in [4.69, 9.17) is 5.11 Å². The fourth-order valence-electron chi connectivity index (χ4n) is 1.51. The molecule has 1 fully saturated rings. The number of aliphatic imine (C=N–C) groups is 1. The number of thioether (sulfide) groups is 1. The number of nitrogens with zero attached hydrogens (tertiary/aromatic N) is 2. The molecular weight excluding hydrogens is 192 g/mol. The van der Waals surface area contributed by atoms with E-state index in [-0.39, 0.29) is 12.3 Å². The molecule has 1 atom stereocenters. The number of fused-ring (bicyclic) bond motifs is 1. The second-order valence-electron chi connectivity index (χ2n) is 3.11.